The Morgan fingerprint density at radius 2 is 1.50 bits per heavy atom. The van der Waals surface area contributed by atoms with E-state index in [4.69, 9.17) is 0 Å². The predicted molar refractivity (Wildman–Crippen MR) is 103 cm³/mol. The molecule has 2 saturated heterocycles. The van der Waals surface area contributed by atoms with E-state index < -0.39 is 0 Å². The Morgan fingerprint density at radius 1 is 0.846 bits per heavy atom. The standard InChI is InChI=1S/C20H30N6/c1-2-4-12-25(11-3-1)15-16-26-13-9-18(10-14-26)17-5-7-19(8-6-17)20-21-23-24-22-20/h5-8,18H,1-4,9-16H2,(H,21,22,23,24). The molecule has 3 heterocycles. The molecule has 6 heteroatoms. The monoisotopic (exact) mass is 354 g/mol. The van der Waals surface area contributed by atoms with Gasteiger partial charge in [0.15, 0.2) is 0 Å². The van der Waals surface area contributed by atoms with E-state index >= 15 is 0 Å². The number of piperidine rings is 1. The number of aromatic nitrogens is 4. The number of hydrogen-bond donors (Lipinski definition) is 1. The van der Waals surface area contributed by atoms with Crippen molar-refractivity contribution in [1.29, 1.82) is 0 Å². The van der Waals surface area contributed by atoms with Crippen molar-refractivity contribution in [2.75, 3.05) is 39.3 Å². The Kier molecular flexibility index (Phi) is 5.92. The van der Waals surface area contributed by atoms with Crippen LogP contribution in [-0.4, -0.2) is 69.7 Å². The second-order valence-corrected chi connectivity index (χ2v) is 7.73. The number of H-pyrrole nitrogens is 1. The van der Waals surface area contributed by atoms with Crippen molar-refractivity contribution < 1.29 is 0 Å². The maximum absolute atomic E-state index is 4.05. The lowest BCUT2D eigenvalue weighted by Gasteiger charge is -2.33. The summed E-state index contributed by atoms with van der Waals surface area (Å²) in [6.45, 7) is 7.57. The molecule has 4 rings (SSSR count). The lowest BCUT2D eigenvalue weighted by molar-refractivity contribution is 0.175. The maximum Gasteiger partial charge on any atom is 0.204 e. The summed E-state index contributed by atoms with van der Waals surface area (Å²) >= 11 is 0. The molecule has 1 N–H and O–H groups in total. The van der Waals surface area contributed by atoms with E-state index in [2.05, 4.69) is 54.7 Å². The summed E-state index contributed by atoms with van der Waals surface area (Å²) in [6.07, 6.45) is 8.16. The smallest absolute Gasteiger partial charge is 0.204 e. The third-order valence-corrected chi connectivity index (χ3v) is 6.00. The summed E-state index contributed by atoms with van der Waals surface area (Å²) in [6, 6.07) is 8.71. The molecule has 1 aromatic heterocycles. The van der Waals surface area contributed by atoms with Gasteiger partial charge in [-0.25, -0.2) is 0 Å². The van der Waals surface area contributed by atoms with Gasteiger partial charge >= 0.3 is 0 Å². The zero-order chi connectivity index (χ0) is 17.6. The summed E-state index contributed by atoms with van der Waals surface area (Å²) in [5, 5.41) is 14.2. The summed E-state index contributed by atoms with van der Waals surface area (Å²) in [5.74, 6) is 1.35. The van der Waals surface area contributed by atoms with Gasteiger partial charge in [-0.05, 0) is 68.6 Å². The number of likely N-dealkylation sites (tertiary alicyclic amines) is 2. The Morgan fingerprint density at radius 3 is 2.12 bits per heavy atom. The Hall–Kier alpha value is -1.79. The van der Waals surface area contributed by atoms with Gasteiger partial charge in [0.2, 0.25) is 5.82 Å². The van der Waals surface area contributed by atoms with E-state index in [-0.39, 0.29) is 0 Å². The van der Waals surface area contributed by atoms with Gasteiger partial charge in [-0.1, -0.05) is 37.1 Å². The number of nitrogens with zero attached hydrogens (tertiary/aromatic N) is 5. The van der Waals surface area contributed by atoms with Gasteiger partial charge in [0.1, 0.15) is 0 Å². The quantitative estimate of drug-likeness (QED) is 0.894. The number of hydrogen-bond acceptors (Lipinski definition) is 5. The first kappa shape index (κ1) is 17.6. The summed E-state index contributed by atoms with van der Waals surface area (Å²) in [7, 11) is 0. The molecular formula is C20H30N6. The Bertz CT molecular complexity index is 637. The average molecular weight is 355 g/mol. The van der Waals surface area contributed by atoms with Gasteiger partial charge < -0.3 is 9.80 Å². The first-order valence-corrected chi connectivity index (χ1v) is 10.2. The van der Waals surface area contributed by atoms with Crippen LogP contribution in [0.1, 0.15) is 50.0 Å². The van der Waals surface area contributed by atoms with Gasteiger partial charge in [0.05, 0.1) is 0 Å². The molecular weight excluding hydrogens is 324 g/mol. The fraction of sp³-hybridized carbons (Fsp3) is 0.650. The highest BCUT2D eigenvalue weighted by molar-refractivity contribution is 5.54. The molecule has 1 aromatic carbocycles. The zero-order valence-corrected chi connectivity index (χ0v) is 15.6. The van der Waals surface area contributed by atoms with Crippen LogP contribution >= 0.6 is 0 Å². The molecule has 0 spiro atoms. The molecule has 6 nitrogen and oxygen atoms in total. The second kappa shape index (κ2) is 8.73. The van der Waals surface area contributed by atoms with Crippen molar-refractivity contribution in [2.45, 2.75) is 44.4 Å². The molecule has 0 bridgehead atoms. The van der Waals surface area contributed by atoms with Crippen LogP contribution in [0, 0.1) is 0 Å². The van der Waals surface area contributed by atoms with Crippen LogP contribution in [0.3, 0.4) is 0 Å². The summed E-state index contributed by atoms with van der Waals surface area (Å²) in [5.41, 5.74) is 2.47. The van der Waals surface area contributed by atoms with Crippen molar-refractivity contribution in [1.82, 2.24) is 30.4 Å². The first-order valence-electron chi connectivity index (χ1n) is 10.2. The molecule has 0 radical (unpaired) electrons. The average Bonchev–Trinajstić information content (AvgIpc) is 3.11. The van der Waals surface area contributed by atoms with Crippen molar-refractivity contribution in [2.24, 2.45) is 0 Å². The molecule has 2 aromatic rings. The molecule has 0 atom stereocenters. The van der Waals surface area contributed by atoms with E-state index in [9.17, 15) is 0 Å². The van der Waals surface area contributed by atoms with Crippen LogP contribution < -0.4 is 0 Å². The number of rotatable bonds is 5. The van der Waals surface area contributed by atoms with Crippen LogP contribution in [0.2, 0.25) is 0 Å². The van der Waals surface area contributed by atoms with E-state index in [0.29, 0.717) is 11.7 Å². The first-order chi connectivity index (χ1) is 12.9. The maximum atomic E-state index is 4.05. The van der Waals surface area contributed by atoms with E-state index in [1.54, 1.807) is 0 Å². The van der Waals surface area contributed by atoms with Crippen LogP contribution in [-0.2, 0) is 0 Å². The topological polar surface area (TPSA) is 60.9 Å². The minimum atomic E-state index is 0.667. The molecule has 2 aliphatic heterocycles. The lowest BCUT2D eigenvalue weighted by Crippen LogP contribution is -2.39. The highest BCUT2D eigenvalue weighted by atomic mass is 15.5. The number of tetrazole rings is 1. The van der Waals surface area contributed by atoms with Crippen molar-refractivity contribution in [3.05, 3.63) is 29.8 Å². The molecule has 2 aliphatic rings. The van der Waals surface area contributed by atoms with Gasteiger partial charge in [-0.15, -0.1) is 10.2 Å². The predicted octanol–water partition coefficient (Wildman–Crippen LogP) is 2.92. The van der Waals surface area contributed by atoms with Crippen LogP contribution in [0.5, 0.6) is 0 Å². The highest BCUT2D eigenvalue weighted by Crippen LogP contribution is 2.29. The molecule has 2 fully saturated rings. The van der Waals surface area contributed by atoms with Crippen LogP contribution in [0.4, 0.5) is 0 Å². The lowest BCUT2D eigenvalue weighted by atomic mass is 9.89. The molecule has 0 amide bonds. The highest BCUT2D eigenvalue weighted by Gasteiger charge is 2.21. The van der Waals surface area contributed by atoms with Gasteiger partial charge in [0.25, 0.3) is 0 Å². The second-order valence-electron chi connectivity index (χ2n) is 7.73. The molecule has 0 aliphatic carbocycles. The van der Waals surface area contributed by atoms with Crippen molar-refractivity contribution >= 4 is 0 Å². The number of nitrogens with one attached hydrogen (secondary N) is 1. The normalized spacial score (nSPS) is 20.9. The largest absolute Gasteiger partial charge is 0.302 e. The third-order valence-electron chi connectivity index (χ3n) is 6.00. The van der Waals surface area contributed by atoms with Crippen molar-refractivity contribution in [3.63, 3.8) is 0 Å². The van der Waals surface area contributed by atoms with E-state index in [0.717, 1.165) is 5.56 Å². The van der Waals surface area contributed by atoms with Crippen LogP contribution in [0.25, 0.3) is 11.4 Å². The number of benzene rings is 1. The fourth-order valence-electron chi connectivity index (χ4n) is 4.32. The minimum absolute atomic E-state index is 0.667. The Balaban J connectivity index is 1.24. The molecule has 0 saturated carbocycles. The SMILES string of the molecule is c1cc(C2CCN(CCN3CCCCCC3)CC2)ccc1-c1nn[nH]n1. The van der Waals surface area contributed by atoms with E-state index in [1.807, 2.05) is 0 Å². The van der Waals surface area contributed by atoms with Gasteiger partial charge in [-0.2, -0.15) is 5.21 Å². The summed E-state index contributed by atoms with van der Waals surface area (Å²) < 4.78 is 0. The van der Waals surface area contributed by atoms with E-state index in [1.165, 1.54) is 83.4 Å². The third kappa shape index (κ3) is 4.48. The summed E-state index contributed by atoms with van der Waals surface area (Å²) in [4.78, 5) is 5.34. The fourth-order valence-corrected chi connectivity index (χ4v) is 4.32. The van der Waals surface area contributed by atoms with Gasteiger partial charge in [0, 0.05) is 18.7 Å². The zero-order valence-electron chi connectivity index (χ0n) is 15.6. The minimum Gasteiger partial charge on any atom is -0.302 e. The van der Waals surface area contributed by atoms with Crippen molar-refractivity contribution in [3.8, 4) is 11.4 Å². The molecule has 140 valence electrons. The molecule has 0 unspecified atom stereocenters. The van der Waals surface area contributed by atoms with Gasteiger partial charge in [-0.3, -0.25) is 0 Å². The van der Waals surface area contributed by atoms with Crippen LogP contribution in [0.15, 0.2) is 24.3 Å². The number of aromatic amines is 1. The molecule has 26 heavy (non-hydrogen) atoms. The Labute approximate surface area is 156 Å².